The molecule has 1 aromatic carbocycles. The van der Waals surface area contributed by atoms with E-state index in [0.717, 1.165) is 31.6 Å². The number of nitrogens with one attached hydrogen (secondary N) is 2. The minimum atomic E-state index is -0.814. The van der Waals surface area contributed by atoms with E-state index in [9.17, 15) is 19.2 Å². The summed E-state index contributed by atoms with van der Waals surface area (Å²) in [5.41, 5.74) is 1.89. The van der Waals surface area contributed by atoms with E-state index in [0.29, 0.717) is 35.9 Å². The van der Waals surface area contributed by atoms with Crippen molar-refractivity contribution in [3.8, 4) is 0 Å². The molecule has 0 aliphatic carbocycles. The van der Waals surface area contributed by atoms with Gasteiger partial charge >= 0.3 is 0 Å². The molecule has 0 saturated carbocycles. The van der Waals surface area contributed by atoms with E-state index in [-0.39, 0.29) is 13.1 Å². The number of hydrogen-bond acceptors (Lipinski definition) is 6. The first-order chi connectivity index (χ1) is 16.5. The van der Waals surface area contributed by atoms with E-state index < -0.39 is 29.5 Å². The van der Waals surface area contributed by atoms with Gasteiger partial charge in [0.15, 0.2) is 0 Å². The number of nitrogens with zero attached hydrogens (tertiary/aromatic N) is 3. The molecule has 34 heavy (non-hydrogen) atoms. The molecule has 178 valence electrons. The molecule has 0 radical (unpaired) electrons. The monoisotopic (exact) mass is 463 g/mol. The van der Waals surface area contributed by atoms with Gasteiger partial charge in [0, 0.05) is 36.9 Å². The Hall–Kier alpha value is -3.75. The van der Waals surface area contributed by atoms with Crippen molar-refractivity contribution < 1.29 is 19.2 Å². The lowest BCUT2D eigenvalue weighted by molar-refractivity contribution is -0.143. The average Bonchev–Trinajstić information content (AvgIpc) is 3.57. The van der Waals surface area contributed by atoms with Crippen molar-refractivity contribution in [3.63, 3.8) is 0 Å². The number of carbonyl (C=O) groups excluding carboxylic acids is 4. The number of rotatable bonds is 8. The van der Waals surface area contributed by atoms with Gasteiger partial charge in [0.2, 0.25) is 11.7 Å². The van der Waals surface area contributed by atoms with Crippen LogP contribution in [0.15, 0.2) is 48.8 Å². The molecular formula is C25H29N5O4. The van der Waals surface area contributed by atoms with Crippen LogP contribution in [0.4, 0.5) is 0 Å². The molecule has 2 aromatic rings. The molecule has 2 N–H and O–H groups in total. The number of Topliss-reactive ketones (excluding diaryl/α,β-unsaturated/α-hetero) is 1. The van der Waals surface area contributed by atoms with Crippen molar-refractivity contribution in [3.05, 3.63) is 54.4 Å². The fourth-order valence-electron chi connectivity index (χ4n) is 4.55. The van der Waals surface area contributed by atoms with E-state index in [1.165, 1.54) is 4.90 Å². The first-order valence-corrected chi connectivity index (χ1v) is 11.6. The first kappa shape index (κ1) is 23.4. The Morgan fingerprint density at radius 1 is 0.971 bits per heavy atom. The van der Waals surface area contributed by atoms with Crippen molar-refractivity contribution in [1.82, 2.24) is 25.4 Å². The van der Waals surface area contributed by atoms with Crippen LogP contribution in [0.2, 0.25) is 0 Å². The molecule has 2 aliphatic heterocycles. The number of likely N-dealkylation sites (tertiary alicyclic amines) is 2. The number of pyridine rings is 1. The summed E-state index contributed by atoms with van der Waals surface area (Å²) in [6.45, 7) is 6.13. The molecule has 9 nitrogen and oxygen atoms in total. The Labute approximate surface area is 198 Å². The topological polar surface area (TPSA) is 112 Å². The second-order valence-corrected chi connectivity index (χ2v) is 8.61. The van der Waals surface area contributed by atoms with Crippen molar-refractivity contribution in [2.75, 3.05) is 32.7 Å². The van der Waals surface area contributed by atoms with Gasteiger partial charge in [-0.25, -0.2) is 0 Å². The van der Waals surface area contributed by atoms with Crippen LogP contribution in [0, 0.1) is 0 Å². The number of ketones is 1. The van der Waals surface area contributed by atoms with Crippen LogP contribution < -0.4 is 10.6 Å². The lowest BCUT2D eigenvalue weighted by Crippen LogP contribution is -2.49. The highest BCUT2D eigenvalue weighted by Crippen LogP contribution is 2.19. The highest BCUT2D eigenvalue weighted by Gasteiger charge is 2.37. The van der Waals surface area contributed by atoms with Crippen molar-refractivity contribution in [2.24, 2.45) is 0 Å². The van der Waals surface area contributed by atoms with Gasteiger partial charge in [-0.05, 0) is 37.8 Å². The number of aromatic nitrogens is 1. The number of amides is 3. The van der Waals surface area contributed by atoms with Crippen LogP contribution in [-0.4, -0.2) is 77.1 Å². The summed E-state index contributed by atoms with van der Waals surface area (Å²) in [7, 11) is 0. The Kier molecular flexibility index (Phi) is 7.20. The lowest BCUT2D eigenvalue weighted by Gasteiger charge is -2.24. The third-order valence-corrected chi connectivity index (χ3v) is 6.40. The molecule has 4 rings (SSSR count). The summed E-state index contributed by atoms with van der Waals surface area (Å²) in [6, 6.07) is 8.05. The normalized spacial score (nSPS) is 17.6. The number of para-hydroxylation sites is 1. The van der Waals surface area contributed by atoms with E-state index in [2.05, 4.69) is 27.1 Å². The Morgan fingerprint density at radius 3 is 2.53 bits per heavy atom. The zero-order valence-electron chi connectivity index (χ0n) is 19.1. The smallest absolute Gasteiger partial charge is 0.289 e. The van der Waals surface area contributed by atoms with E-state index in [1.54, 1.807) is 18.3 Å². The quantitative estimate of drug-likeness (QED) is 0.570. The molecule has 2 fully saturated rings. The van der Waals surface area contributed by atoms with E-state index >= 15 is 0 Å². The summed E-state index contributed by atoms with van der Waals surface area (Å²) in [4.78, 5) is 58.5. The maximum atomic E-state index is 12.8. The SMILES string of the molecule is C=C(CNC(=O)C(=O)C1CCCN1C(=O)CNC(=O)c1ccnc2ccccc12)N1CCCC1. The number of fused-ring (bicyclic) bond motifs is 1. The molecule has 1 unspecified atom stereocenters. The van der Waals surface area contributed by atoms with Crippen molar-refractivity contribution in [1.29, 1.82) is 0 Å². The summed E-state index contributed by atoms with van der Waals surface area (Å²) in [5, 5.41) is 5.97. The standard InChI is InChI=1S/C25H29N5O4/c1-17(29-12-4-5-13-29)15-27-25(34)23(32)21-9-6-14-30(21)22(31)16-28-24(33)19-10-11-26-20-8-3-2-7-18(19)20/h2-3,7-8,10-11,21H,1,4-6,9,12-16H2,(H,27,34)(H,28,33). The molecule has 9 heteroatoms. The van der Waals surface area contributed by atoms with Gasteiger partial charge in [0.1, 0.15) is 6.04 Å². The van der Waals surface area contributed by atoms with Crippen molar-refractivity contribution >= 4 is 34.4 Å². The Morgan fingerprint density at radius 2 is 1.74 bits per heavy atom. The lowest BCUT2D eigenvalue weighted by atomic mass is 10.1. The summed E-state index contributed by atoms with van der Waals surface area (Å²) in [5.74, 6) is -2.13. The van der Waals surface area contributed by atoms with Gasteiger partial charge in [-0.2, -0.15) is 0 Å². The molecule has 1 atom stereocenters. The van der Waals surface area contributed by atoms with Crippen LogP contribution in [0.25, 0.3) is 10.9 Å². The zero-order valence-corrected chi connectivity index (χ0v) is 19.1. The van der Waals surface area contributed by atoms with Crippen LogP contribution in [0.1, 0.15) is 36.0 Å². The van der Waals surface area contributed by atoms with Crippen LogP contribution in [-0.2, 0) is 14.4 Å². The fourth-order valence-corrected chi connectivity index (χ4v) is 4.55. The number of carbonyl (C=O) groups is 4. The molecule has 0 bridgehead atoms. The highest BCUT2D eigenvalue weighted by molar-refractivity contribution is 6.38. The van der Waals surface area contributed by atoms with E-state index in [1.807, 2.05) is 18.2 Å². The van der Waals surface area contributed by atoms with Crippen molar-refractivity contribution in [2.45, 2.75) is 31.7 Å². The third kappa shape index (κ3) is 5.08. The predicted molar refractivity (Wildman–Crippen MR) is 127 cm³/mol. The Balaban J connectivity index is 1.31. The zero-order chi connectivity index (χ0) is 24.1. The molecular weight excluding hydrogens is 434 g/mol. The van der Waals surface area contributed by atoms with Crippen LogP contribution in [0.3, 0.4) is 0 Å². The maximum Gasteiger partial charge on any atom is 0.289 e. The number of benzene rings is 1. The maximum absolute atomic E-state index is 12.8. The second-order valence-electron chi connectivity index (χ2n) is 8.61. The molecule has 1 aromatic heterocycles. The summed E-state index contributed by atoms with van der Waals surface area (Å²) < 4.78 is 0. The third-order valence-electron chi connectivity index (χ3n) is 6.40. The predicted octanol–water partition coefficient (Wildman–Crippen LogP) is 1.25. The molecule has 3 heterocycles. The van der Waals surface area contributed by atoms with Gasteiger partial charge in [-0.15, -0.1) is 0 Å². The number of hydrogen-bond donors (Lipinski definition) is 2. The van der Waals surface area contributed by atoms with Crippen LogP contribution in [0.5, 0.6) is 0 Å². The van der Waals surface area contributed by atoms with E-state index in [4.69, 9.17) is 0 Å². The molecule has 0 spiro atoms. The minimum absolute atomic E-state index is 0.210. The Bertz CT molecular complexity index is 1120. The van der Waals surface area contributed by atoms with Gasteiger partial charge in [-0.3, -0.25) is 24.2 Å². The molecule has 2 aliphatic rings. The summed E-state index contributed by atoms with van der Waals surface area (Å²) in [6.07, 6.45) is 4.79. The fraction of sp³-hybridized carbons (Fsp3) is 0.400. The highest BCUT2D eigenvalue weighted by atomic mass is 16.2. The van der Waals surface area contributed by atoms with Gasteiger partial charge in [0.25, 0.3) is 11.8 Å². The van der Waals surface area contributed by atoms with Gasteiger partial charge < -0.3 is 20.4 Å². The van der Waals surface area contributed by atoms with Gasteiger partial charge in [-0.1, -0.05) is 24.8 Å². The second kappa shape index (κ2) is 10.5. The first-order valence-electron chi connectivity index (χ1n) is 11.6. The largest absolute Gasteiger partial charge is 0.374 e. The minimum Gasteiger partial charge on any atom is -0.374 e. The molecule has 2 saturated heterocycles. The average molecular weight is 464 g/mol. The van der Waals surface area contributed by atoms with Crippen LogP contribution >= 0.6 is 0 Å². The molecule has 3 amide bonds. The summed E-state index contributed by atoms with van der Waals surface area (Å²) >= 11 is 0. The van der Waals surface area contributed by atoms with Gasteiger partial charge in [0.05, 0.1) is 24.2 Å².